The average molecular weight is 344 g/mol. The molecule has 1 rings (SSSR count). The van der Waals surface area contributed by atoms with Gasteiger partial charge < -0.3 is 20.6 Å². The molecule has 6 heteroatoms. The Kier molecular flexibility index (Phi) is 6.81. The largest absolute Gasteiger partial charge is 0.409 e. The predicted molar refractivity (Wildman–Crippen MR) is 85.6 cm³/mol. The number of hydrogen-bond donors (Lipinski definition) is 2. The highest BCUT2D eigenvalue weighted by Crippen LogP contribution is 2.28. The summed E-state index contributed by atoms with van der Waals surface area (Å²) in [6.07, 6.45) is 0. The summed E-state index contributed by atoms with van der Waals surface area (Å²) in [5.41, 5.74) is 7.35. The predicted octanol–water partition coefficient (Wildman–Crippen LogP) is 2.65. The molecule has 0 radical (unpaired) electrons. The first-order valence-electron chi connectivity index (χ1n) is 6.51. The second kappa shape index (κ2) is 8.11. The molecule has 0 atom stereocenters. The number of halogens is 1. The van der Waals surface area contributed by atoms with Gasteiger partial charge >= 0.3 is 0 Å². The summed E-state index contributed by atoms with van der Waals surface area (Å²) in [6.45, 7) is 6.78. The van der Waals surface area contributed by atoms with E-state index in [4.69, 9.17) is 15.7 Å². The van der Waals surface area contributed by atoms with Crippen molar-refractivity contribution in [3.63, 3.8) is 0 Å². The number of nitrogens with zero attached hydrogens (tertiary/aromatic N) is 2. The lowest BCUT2D eigenvalue weighted by Crippen LogP contribution is -2.31. The number of oxime groups is 1. The van der Waals surface area contributed by atoms with Crippen LogP contribution in [0.1, 0.15) is 19.4 Å². The third kappa shape index (κ3) is 4.68. The van der Waals surface area contributed by atoms with Crippen LogP contribution < -0.4 is 10.6 Å². The van der Waals surface area contributed by atoms with Crippen molar-refractivity contribution in [1.29, 1.82) is 0 Å². The number of amidine groups is 1. The molecular formula is C14H22BrN3O2. The van der Waals surface area contributed by atoms with Gasteiger partial charge in [-0.05, 0) is 40.0 Å². The topological polar surface area (TPSA) is 71.1 Å². The van der Waals surface area contributed by atoms with Gasteiger partial charge in [0.15, 0.2) is 5.84 Å². The quantitative estimate of drug-likeness (QED) is 0.345. The van der Waals surface area contributed by atoms with Crippen molar-refractivity contribution < 1.29 is 9.94 Å². The van der Waals surface area contributed by atoms with Crippen LogP contribution in [0, 0.1) is 5.92 Å². The maximum Gasteiger partial charge on any atom is 0.170 e. The van der Waals surface area contributed by atoms with Crippen LogP contribution >= 0.6 is 15.9 Å². The van der Waals surface area contributed by atoms with Crippen molar-refractivity contribution in [3.8, 4) is 0 Å². The standard InChI is InChI=1S/C14H22BrN3O2/c1-10(2)9-18(6-7-20-3)13-5-4-11(8-12(13)15)14(16)17-19/h4-5,8,10,19H,6-7,9H2,1-3H3,(H2,16,17). The molecule has 0 fully saturated rings. The van der Waals surface area contributed by atoms with Gasteiger partial charge in [0.05, 0.1) is 12.3 Å². The van der Waals surface area contributed by atoms with Crippen LogP contribution in [-0.2, 0) is 4.74 Å². The number of nitrogens with two attached hydrogens (primary N) is 1. The molecule has 1 aromatic rings. The van der Waals surface area contributed by atoms with Gasteiger partial charge in [0.2, 0.25) is 0 Å². The minimum atomic E-state index is 0.101. The zero-order valence-corrected chi connectivity index (χ0v) is 13.7. The van der Waals surface area contributed by atoms with Gasteiger partial charge in [0, 0.05) is 30.2 Å². The SMILES string of the molecule is COCCN(CC(C)C)c1ccc(/C(N)=N/O)cc1Br. The van der Waals surface area contributed by atoms with E-state index in [0.717, 1.165) is 23.2 Å². The fourth-order valence-corrected chi connectivity index (χ4v) is 2.56. The highest BCUT2D eigenvalue weighted by molar-refractivity contribution is 9.10. The van der Waals surface area contributed by atoms with Gasteiger partial charge in [-0.2, -0.15) is 0 Å². The molecule has 0 spiro atoms. The molecule has 0 amide bonds. The van der Waals surface area contributed by atoms with Gasteiger partial charge in [0.1, 0.15) is 0 Å². The van der Waals surface area contributed by atoms with Crippen LogP contribution in [0.3, 0.4) is 0 Å². The first kappa shape index (κ1) is 16.8. The van der Waals surface area contributed by atoms with Gasteiger partial charge in [0.25, 0.3) is 0 Å². The normalized spacial score (nSPS) is 11.9. The Hall–Kier alpha value is -1.27. The minimum Gasteiger partial charge on any atom is -0.409 e. The molecular weight excluding hydrogens is 322 g/mol. The number of hydrogen-bond acceptors (Lipinski definition) is 4. The van der Waals surface area contributed by atoms with Crippen molar-refractivity contribution in [2.75, 3.05) is 31.7 Å². The Labute approximate surface area is 128 Å². The smallest absolute Gasteiger partial charge is 0.170 e. The number of ether oxygens (including phenoxy) is 1. The summed E-state index contributed by atoms with van der Waals surface area (Å²) in [6, 6.07) is 5.66. The molecule has 1 aromatic carbocycles. The van der Waals surface area contributed by atoms with Gasteiger partial charge in [-0.1, -0.05) is 19.0 Å². The molecule has 0 aliphatic carbocycles. The van der Waals surface area contributed by atoms with Crippen molar-refractivity contribution in [2.24, 2.45) is 16.8 Å². The number of rotatable bonds is 7. The molecule has 0 aliphatic rings. The van der Waals surface area contributed by atoms with E-state index in [1.54, 1.807) is 7.11 Å². The summed E-state index contributed by atoms with van der Waals surface area (Å²) in [4.78, 5) is 2.26. The summed E-state index contributed by atoms with van der Waals surface area (Å²) < 4.78 is 6.08. The molecule has 0 unspecified atom stereocenters. The lowest BCUT2D eigenvalue weighted by molar-refractivity contribution is 0.204. The summed E-state index contributed by atoms with van der Waals surface area (Å²) in [5.74, 6) is 0.645. The Bertz CT molecular complexity index is 464. The number of benzene rings is 1. The third-order valence-electron chi connectivity index (χ3n) is 2.84. The molecule has 0 bridgehead atoms. The summed E-state index contributed by atoms with van der Waals surface area (Å²) in [5, 5.41) is 11.7. The molecule has 112 valence electrons. The monoisotopic (exact) mass is 343 g/mol. The Morgan fingerprint density at radius 1 is 1.50 bits per heavy atom. The average Bonchev–Trinajstić information content (AvgIpc) is 2.42. The van der Waals surface area contributed by atoms with E-state index in [1.807, 2.05) is 18.2 Å². The van der Waals surface area contributed by atoms with E-state index in [0.29, 0.717) is 18.1 Å². The van der Waals surface area contributed by atoms with E-state index >= 15 is 0 Å². The van der Waals surface area contributed by atoms with E-state index in [-0.39, 0.29) is 5.84 Å². The first-order chi connectivity index (χ1) is 9.49. The van der Waals surface area contributed by atoms with Crippen LogP contribution in [0.4, 0.5) is 5.69 Å². The molecule has 5 nitrogen and oxygen atoms in total. The van der Waals surface area contributed by atoms with Gasteiger partial charge in [-0.3, -0.25) is 0 Å². The Morgan fingerprint density at radius 2 is 2.20 bits per heavy atom. The Balaban J connectivity index is 3.01. The highest BCUT2D eigenvalue weighted by atomic mass is 79.9. The molecule has 3 N–H and O–H groups in total. The van der Waals surface area contributed by atoms with Gasteiger partial charge in [-0.25, -0.2) is 0 Å². The van der Waals surface area contributed by atoms with Crippen LogP contribution in [-0.4, -0.2) is 37.8 Å². The minimum absolute atomic E-state index is 0.101. The maximum absolute atomic E-state index is 8.71. The van der Waals surface area contributed by atoms with Crippen LogP contribution in [0.2, 0.25) is 0 Å². The van der Waals surface area contributed by atoms with Crippen molar-refractivity contribution >= 4 is 27.5 Å². The first-order valence-corrected chi connectivity index (χ1v) is 7.30. The second-order valence-corrected chi connectivity index (χ2v) is 5.84. The third-order valence-corrected chi connectivity index (χ3v) is 3.48. The maximum atomic E-state index is 8.71. The lowest BCUT2D eigenvalue weighted by Gasteiger charge is -2.27. The molecule has 0 saturated heterocycles. The summed E-state index contributed by atoms with van der Waals surface area (Å²) in [7, 11) is 1.70. The zero-order chi connectivity index (χ0) is 15.1. The Morgan fingerprint density at radius 3 is 2.70 bits per heavy atom. The highest BCUT2D eigenvalue weighted by Gasteiger charge is 2.13. The van der Waals surface area contributed by atoms with Gasteiger partial charge in [-0.15, -0.1) is 0 Å². The van der Waals surface area contributed by atoms with Crippen LogP contribution in [0.5, 0.6) is 0 Å². The molecule has 0 aromatic heterocycles. The molecule has 0 aliphatic heterocycles. The van der Waals surface area contributed by atoms with Crippen molar-refractivity contribution in [1.82, 2.24) is 0 Å². The zero-order valence-electron chi connectivity index (χ0n) is 12.1. The van der Waals surface area contributed by atoms with E-state index < -0.39 is 0 Å². The van der Waals surface area contributed by atoms with Crippen molar-refractivity contribution in [2.45, 2.75) is 13.8 Å². The second-order valence-electron chi connectivity index (χ2n) is 4.98. The molecule has 0 saturated carbocycles. The fraction of sp³-hybridized carbons (Fsp3) is 0.500. The number of methoxy groups -OCH3 is 1. The van der Waals surface area contributed by atoms with Crippen LogP contribution in [0.25, 0.3) is 0 Å². The number of anilines is 1. The van der Waals surface area contributed by atoms with Crippen LogP contribution in [0.15, 0.2) is 27.8 Å². The molecule has 0 heterocycles. The van der Waals surface area contributed by atoms with Crippen molar-refractivity contribution in [3.05, 3.63) is 28.2 Å². The summed E-state index contributed by atoms with van der Waals surface area (Å²) >= 11 is 3.55. The van der Waals surface area contributed by atoms with E-state index in [9.17, 15) is 0 Å². The lowest BCUT2D eigenvalue weighted by atomic mass is 10.1. The van der Waals surface area contributed by atoms with E-state index in [1.165, 1.54) is 0 Å². The molecule has 20 heavy (non-hydrogen) atoms. The van der Waals surface area contributed by atoms with E-state index in [2.05, 4.69) is 39.8 Å². The fourth-order valence-electron chi connectivity index (χ4n) is 1.93.